The van der Waals surface area contributed by atoms with Gasteiger partial charge < -0.3 is 5.11 Å². The zero-order valence-electron chi connectivity index (χ0n) is 16.0. The van der Waals surface area contributed by atoms with Gasteiger partial charge >= 0.3 is 0 Å². The SMILES string of the molecule is CCCCCC1=CC2C[C@@H](O)[C@H](/C=C/CCc3cccc(C)c3)[C@H]2C1. The van der Waals surface area contributed by atoms with Crippen LogP contribution in [0.1, 0.15) is 63.0 Å². The van der Waals surface area contributed by atoms with Crippen LogP contribution in [0.15, 0.2) is 48.1 Å². The minimum atomic E-state index is -0.140. The third-order valence-electron chi connectivity index (χ3n) is 6.09. The smallest absolute Gasteiger partial charge is 0.0611 e. The number of hydrogen-bond donors (Lipinski definition) is 1. The van der Waals surface area contributed by atoms with Crippen LogP contribution < -0.4 is 0 Å². The summed E-state index contributed by atoms with van der Waals surface area (Å²) >= 11 is 0. The standard InChI is InChI=1S/C24H34O/c1-3-4-5-11-20-15-21-17-24(25)22(23(21)16-20)13-7-6-10-19-12-8-9-18(2)14-19/h7-9,12-15,21-25H,3-6,10-11,16-17H2,1-2H3/b13-7+/t21?,22-,23+,24-/m1/s1. The Morgan fingerprint density at radius 3 is 2.88 bits per heavy atom. The zero-order chi connectivity index (χ0) is 17.6. The highest BCUT2D eigenvalue weighted by Crippen LogP contribution is 2.48. The molecule has 0 radical (unpaired) electrons. The monoisotopic (exact) mass is 338 g/mol. The van der Waals surface area contributed by atoms with Gasteiger partial charge in [0.1, 0.15) is 0 Å². The van der Waals surface area contributed by atoms with Crippen LogP contribution in [-0.2, 0) is 6.42 Å². The van der Waals surface area contributed by atoms with Gasteiger partial charge in [-0.05, 0) is 62.8 Å². The highest BCUT2D eigenvalue weighted by atomic mass is 16.3. The third kappa shape index (κ3) is 4.85. The van der Waals surface area contributed by atoms with Gasteiger partial charge in [0, 0.05) is 5.92 Å². The molecule has 4 atom stereocenters. The van der Waals surface area contributed by atoms with E-state index in [9.17, 15) is 5.11 Å². The fourth-order valence-electron chi connectivity index (χ4n) is 4.76. The largest absolute Gasteiger partial charge is 0.392 e. The van der Waals surface area contributed by atoms with Crippen LogP contribution in [0.5, 0.6) is 0 Å². The lowest BCUT2D eigenvalue weighted by atomic mass is 9.88. The molecule has 1 nitrogen and oxygen atoms in total. The van der Waals surface area contributed by atoms with Gasteiger partial charge in [-0.2, -0.15) is 0 Å². The van der Waals surface area contributed by atoms with Crippen molar-refractivity contribution in [3.05, 3.63) is 59.2 Å². The van der Waals surface area contributed by atoms with Gasteiger partial charge in [-0.1, -0.05) is 73.4 Å². The summed E-state index contributed by atoms with van der Waals surface area (Å²) in [6.45, 7) is 4.42. The molecule has 0 heterocycles. The molecule has 136 valence electrons. The molecule has 0 amide bonds. The average molecular weight is 339 g/mol. The van der Waals surface area contributed by atoms with E-state index >= 15 is 0 Å². The van der Waals surface area contributed by atoms with E-state index in [1.54, 1.807) is 5.57 Å². The van der Waals surface area contributed by atoms with Gasteiger partial charge in [-0.15, -0.1) is 0 Å². The lowest BCUT2D eigenvalue weighted by molar-refractivity contribution is 0.141. The van der Waals surface area contributed by atoms with Crippen molar-refractivity contribution in [2.75, 3.05) is 0 Å². The zero-order valence-corrected chi connectivity index (χ0v) is 16.0. The summed E-state index contributed by atoms with van der Waals surface area (Å²) in [6, 6.07) is 8.78. The van der Waals surface area contributed by atoms with E-state index in [0.717, 1.165) is 19.3 Å². The van der Waals surface area contributed by atoms with E-state index in [1.807, 2.05) is 0 Å². The van der Waals surface area contributed by atoms with Crippen LogP contribution in [-0.4, -0.2) is 11.2 Å². The molecule has 1 unspecified atom stereocenters. The van der Waals surface area contributed by atoms with E-state index in [4.69, 9.17) is 0 Å². The maximum Gasteiger partial charge on any atom is 0.0611 e. The molecular weight excluding hydrogens is 304 g/mol. The summed E-state index contributed by atoms with van der Waals surface area (Å²) in [4.78, 5) is 0. The Bertz CT molecular complexity index is 612. The second kappa shape index (κ2) is 8.85. The molecule has 1 aromatic rings. The second-order valence-electron chi connectivity index (χ2n) is 8.15. The van der Waals surface area contributed by atoms with Crippen molar-refractivity contribution in [3.8, 4) is 0 Å². The number of hydrogen-bond acceptors (Lipinski definition) is 1. The van der Waals surface area contributed by atoms with Crippen LogP contribution in [0.4, 0.5) is 0 Å². The Morgan fingerprint density at radius 2 is 2.08 bits per heavy atom. The molecule has 1 N–H and O–H groups in total. The average Bonchev–Trinajstić information content (AvgIpc) is 3.09. The molecule has 0 aliphatic heterocycles. The molecule has 1 aromatic carbocycles. The highest BCUT2D eigenvalue weighted by Gasteiger charge is 2.42. The molecule has 0 bridgehead atoms. The predicted octanol–water partition coefficient (Wildman–Crippen LogP) is 6.01. The minimum absolute atomic E-state index is 0.140. The first kappa shape index (κ1) is 18.5. The van der Waals surface area contributed by atoms with Crippen LogP contribution in [0.3, 0.4) is 0 Å². The van der Waals surface area contributed by atoms with Crippen LogP contribution >= 0.6 is 0 Å². The van der Waals surface area contributed by atoms with Crippen molar-refractivity contribution in [1.29, 1.82) is 0 Å². The van der Waals surface area contributed by atoms with Crippen molar-refractivity contribution < 1.29 is 5.11 Å². The van der Waals surface area contributed by atoms with E-state index < -0.39 is 0 Å². The molecule has 1 fully saturated rings. The maximum absolute atomic E-state index is 10.5. The summed E-state index contributed by atoms with van der Waals surface area (Å²) in [5.41, 5.74) is 4.41. The first-order valence-electron chi connectivity index (χ1n) is 10.3. The van der Waals surface area contributed by atoms with E-state index in [1.165, 1.54) is 43.2 Å². The summed E-state index contributed by atoms with van der Waals surface area (Å²) in [6.07, 6.45) is 16.6. The second-order valence-corrected chi connectivity index (χ2v) is 8.15. The van der Waals surface area contributed by atoms with Gasteiger partial charge in [0.05, 0.1) is 6.10 Å². The van der Waals surface area contributed by atoms with Crippen molar-refractivity contribution in [3.63, 3.8) is 0 Å². The van der Waals surface area contributed by atoms with Gasteiger partial charge in [0.15, 0.2) is 0 Å². The van der Waals surface area contributed by atoms with Crippen LogP contribution in [0.2, 0.25) is 0 Å². The van der Waals surface area contributed by atoms with Crippen LogP contribution in [0.25, 0.3) is 0 Å². The van der Waals surface area contributed by atoms with E-state index in [2.05, 4.69) is 56.3 Å². The summed E-state index contributed by atoms with van der Waals surface area (Å²) in [5, 5.41) is 10.5. The normalized spacial score (nSPS) is 28.5. The number of aliphatic hydroxyl groups excluding tert-OH is 1. The Morgan fingerprint density at radius 1 is 1.20 bits per heavy atom. The molecule has 1 saturated carbocycles. The van der Waals surface area contributed by atoms with E-state index in [0.29, 0.717) is 17.8 Å². The van der Waals surface area contributed by atoms with Gasteiger partial charge in [-0.3, -0.25) is 0 Å². The molecule has 0 aromatic heterocycles. The molecule has 0 spiro atoms. The number of aliphatic hydroxyl groups is 1. The van der Waals surface area contributed by atoms with Crippen molar-refractivity contribution in [1.82, 2.24) is 0 Å². The number of allylic oxidation sites excluding steroid dienone is 3. The summed E-state index contributed by atoms with van der Waals surface area (Å²) in [5.74, 6) is 1.64. The highest BCUT2D eigenvalue weighted by molar-refractivity contribution is 5.23. The molecule has 1 heteroatoms. The maximum atomic E-state index is 10.5. The number of aryl methyl sites for hydroxylation is 2. The Kier molecular flexibility index (Phi) is 6.53. The fraction of sp³-hybridized carbons (Fsp3) is 0.583. The quantitative estimate of drug-likeness (QED) is 0.455. The van der Waals surface area contributed by atoms with E-state index in [-0.39, 0.29) is 6.10 Å². The lowest BCUT2D eigenvalue weighted by Gasteiger charge is -2.18. The van der Waals surface area contributed by atoms with Gasteiger partial charge in [0.25, 0.3) is 0 Å². The molecular formula is C24H34O. The molecule has 0 saturated heterocycles. The van der Waals surface area contributed by atoms with Crippen molar-refractivity contribution in [2.24, 2.45) is 17.8 Å². The summed E-state index contributed by atoms with van der Waals surface area (Å²) < 4.78 is 0. The topological polar surface area (TPSA) is 20.2 Å². The molecule has 3 rings (SSSR count). The molecule has 25 heavy (non-hydrogen) atoms. The van der Waals surface area contributed by atoms with Crippen molar-refractivity contribution >= 4 is 0 Å². The number of rotatable bonds is 8. The van der Waals surface area contributed by atoms with Gasteiger partial charge in [-0.25, -0.2) is 0 Å². The third-order valence-corrected chi connectivity index (χ3v) is 6.09. The number of benzene rings is 1. The Hall–Kier alpha value is -1.34. The summed E-state index contributed by atoms with van der Waals surface area (Å²) in [7, 11) is 0. The lowest BCUT2D eigenvalue weighted by Crippen LogP contribution is -2.17. The van der Waals surface area contributed by atoms with Crippen molar-refractivity contribution in [2.45, 2.75) is 71.3 Å². The first-order chi connectivity index (χ1) is 12.2. The minimum Gasteiger partial charge on any atom is -0.392 e. The Labute approximate surface area is 153 Å². The molecule has 2 aliphatic carbocycles. The number of unbranched alkanes of at least 4 members (excludes halogenated alkanes) is 2. The molecule has 2 aliphatic rings. The Balaban J connectivity index is 1.49. The van der Waals surface area contributed by atoms with Gasteiger partial charge in [0.2, 0.25) is 0 Å². The van der Waals surface area contributed by atoms with Crippen LogP contribution in [0, 0.1) is 24.7 Å². The predicted molar refractivity (Wildman–Crippen MR) is 107 cm³/mol. The first-order valence-corrected chi connectivity index (χ1v) is 10.3. The number of fused-ring (bicyclic) bond motifs is 1. The fourth-order valence-corrected chi connectivity index (χ4v) is 4.76.